The molecular formula is C28H26F2N2O4. The van der Waals surface area contributed by atoms with Crippen LogP contribution >= 0.6 is 0 Å². The Morgan fingerprint density at radius 3 is 2.28 bits per heavy atom. The Hall–Kier alpha value is -4.07. The van der Waals surface area contributed by atoms with E-state index in [2.05, 4.69) is 9.72 Å². The van der Waals surface area contributed by atoms with Crippen molar-refractivity contribution in [3.8, 4) is 11.4 Å². The lowest BCUT2D eigenvalue weighted by Gasteiger charge is -2.15. The highest BCUT2D eigenvalue weighted by Gasteiger charge is 2.26. The molecule has 1 atom stereocenters. The van der Waals surface area contributed by atoms with Gasteiger partial charge in [0, 0.05) is 33.7 Å². The molecule has 2 aromatic heterocycles. The van der Waals surface area contributed by atoms with Gasteiger partial charge in [0.05, 0.1) is 11.1 Å². The van der Waals surface area contributed by atoms with Gasteiger partial charge in [0.1, 0.15) is 5.75 Å². The molecule has 0 aliphatic rings. The number of pyridine rings is 1. The molecule has 0 N–H and O–H groups in total. The first-order valence-corrected chi connectivity index (χ1v) is 11.4. The molecule has 0 aliphatic carbocycles. The van der Waals surface area contributed by atoms with E-state index in [1.54, 1.807) is 45.0 Å². The summed E-state index contributed by atoms with van der Waals surface area (Å²) in [6, 6.07) is 15.2. The Bertz CT molecular complexity index is 1460. The minimum absolute atomic E-state index is 0.0436. The van der Waals surface area contributed by atoms with E-state index < -0.39 is 18.7 Å². The second kappa shape index (κ2) is 9.89. The normalized spacial score (nSPS) is 12.1. The van der Waals surface area contributed by atoms with Gasteiger partial charge in [0.15, 0.2) is 6.10 Å². The van der Waals surface area contributed by atoms with E-state index >= 15 is 0 Å². The largest absolute Gasteiger partial charge is 0.451 e. The summed E-state index contributed by atoms with van der Waals surface area (Å²) in [5, 5.41) is 0.669. The van der Waals surface area contributed by atoms with Gasteiger partial charge < -0.3 is 14.0 Å². The average Bonchev–Trinajstić information content (AvgIpc) is 3.12. The fourth-order valence-corrected chi connectivity index (χ4v) is 4.32. The summed E-state index contributed by atoms with van der Waals surface area (Å²) in [5.41, 5.74) is 5.19. The highest BCUT2D eigenvalue weighted by molar-refractivity contribution is 6.06. The van der Waals surface area contributed by atoms with Crippen LogP contribution in [0.2, 0.25) is 0 Å². The fourth-order valence-electron chi connectivity index (χ4n) is 4.32. The molecule has 2 aromatic carbocycles. The number of aryl methyl sites for hydroxylation is 3. The maximum atomic E-state index is 13.3. The summed E-state index contributed by atoms with van der Waals surface area (Å²) >= 11 is 0. The van der Waals surface area contributed by atoms with Crippen LogP contribution in [0.25, 0.3) is 16.6 Å². The van der Waals surface area contributed by atoms with Crippen molar-refractivity contribution < 1.29 is 27.8 Å². The van der Waals surface area contributed by atoms with Gasteiger partial charge in [0.2, 0.25) is 5.78 Å². The molecule has 0 saturated heterocycles. The summed E-state index contributed by atoms with van der Waals surface area (Å²) < 4.78 is 36.7. The number of esters is 1. The lowest BCUT2D eigenvalue weighted by atomic mass is 10.0. The molecule has 0 fully saturated rings. The monoisotopic (exact) mass is 492 g/mol. The number of benzene rings is 2. The number of carbonyl (C=O) groups excluding carboxylic acids is 2. The number of fused-ring (bicyclic) bond motifs is 1. The van der Waals surface area contributed by atoms with Crippen LogP contribution in [0.5, 0.6) is 5.75 Å². The summed E-state index contributed by atoms with van der Waals surface area (Å²) in [4.78, 5) is 30.8. The van der Waals surface area contributed by atoms with Crippen LogP contribution in [0.4, 0.5) is 8.78 Å². The molecular weight excluding hydrogens is 466 g/mol. The van der Waals surface area contributed by atoms with Crippen LogP contribution in [0.1, 0.15) is 50.3 Å². The van der Waals surface area contributed by atoms with Crippen LogP contribution in [0, 0.1) is 27.7 Å². The quantitative estimate of drug-likeness (QED) is 0.224. The number of halogens is 2. The Morgan fingerprint density at radius 1 is 0.917 bits per heavy atom. The maximum Gasteiger partial charge on any atom is 0.387 e. The maximum absolute atomic E-state index is 13.3. The Balaban J connectivity index is 1.58. The summed E-state index contributed by atoms with van der Waals surface area (Å²) in [6.07, 6.45) is -1.03. The first kappa shape index (κ1) is 25.0. The standard InChI is InChI=1S/C28H26F2N2O4/c1-15-6-11-25-23(12-15)24(13-16(2)31-25)27(34)35-19(5)26(33)22-14-17(3)32(18(22)4)20-7-9-21(10-8-20)36-28(29)30/h6-14,19,28H,1-5H3. The molecule has 186 valence electrons. The van der Waals surface area contributed by atoms with Crippen molar-refractivity contribution >= 4 is 22.7 Å². The molecule has 36 heavy (non-hydrogen) atoms. The topological polar surface area (TPSA) is 70.4 Å². The van der Waals surface area contributed by atoms with Crippen molar-refractivity contribution in [2.45, 2.75) is 47.3 Å². The third-order valence-electron chi connectivity index (χ3n) is 5.98. The number of hydrogen-bond donors (Lipinski definition) is 0. The zero-order chi connectivity index (χ0) is 26.1. The van der Waals surface area contributed by atoms with E-state index in [1.165, 1.54) is 12.1 Å². The van der Waals surface area contributed by atoms with Gasteiger partial charge in [-0.15, -0.1) is 0 Å². The van der Waals surface area contributed by atoms with Gasteiger partial charge in [-0.1, -0.05) is 11.6 Å². The molecule has 0 amide bonds. The van der Waals surface area contributed by atoms with Crippen molar-refractivity contribution in [2.24, 2.45) is 0 Å². The van der Waals surface area contributed by atoms with Crippen molar-refractivity contribution in [3.05, 3.63) is 88.4 Å². The minimum atomic E-state index is -2.91. The number of aromatic nitrogens is 2. The van der Waals surface area contributed by atoms with Gasteiger partial charge in [0.25, 0.3) is 0 Å². The van der Waals surface area contributed by atoms with E-state index in [9.17, 15) is 18.4 Å². The lowest BCUT2D eigenvalue weighted by molar-refractivity contribution is -0.0498. The lowest BCUT2D eigenvalue weighted by Crippen LogP contribution is -2.25. The molecule has 2 heterocycles. The first-order valence-electron chi connectivity index (χ1n) is 11.4. The Morgan fingerprint density at radius 2 is 1.61 bits per heavy atom. The molecule has 0 radical (unpaired) electrons. The average molecular weight is 493 g/mol. The number of Topliss-reactive ketones (excluding diaryl/α,β-unsaturated/α-hetero) is 1. The van der Waals surface area contributed by atoms with E-state index in [1.807, 2.05) is 36.6 Å². The number of hydrogen-bond acceptors (Lipinski definition) is 5. The highest BCUT2D eigenvalue weighted by atomic mass is 19.3. The third-order valence-corrected chi connectivity index (χ3v) is 5.98. The van der Waals surface area contributed by atoms with Crippen LogP contribution < -0.4 is 4.74 Å². The molecule has 1 unspecified atom stereocenters. The molecule has 8 heteroatoms. The highest BCUT2D eigenvalue weighted by Crippen LogP contribution is 2.26. The molecule has 0 spiro atoms. The van der Waals surface area contributed by atoms with Crippen LogP contribution in [0.3, 0.4) is 0 Å². The molecule has 0 aliphatic heterocycles. The number of ketones is 1. The summed E-state index contributed by atoms with van der Waals surface area (Å²) in [6.45, 7) is 5.97. The number of rotatable bonds is 7. The van der Waals surface area contributed by atoms with Crippen LogP contribution in [0.15, 0.2) is 54.6 Å². The molecule has 0 saturated carbocycles. The number of alkyl halides is 2. The van der Waals surface area contributed by atoms with Crippen molar-refractivity contribution in [1.29, 1.82) is 0 Å². The van der Waals surface area contributed by atoms with E-state index in [4.69, 9.17) is 4.74 Å². The van der Waals surface area contributed by atoms with E-state index in [0.29, 0.717) is 39.1 Å². The zero-order valence-corrected chi connectivity index (χ0v) is 20.6. The smallest absolute Gasteiger partial charge is 0.387 e. The Labute approximate surface area is 207 Å². The Kier molecular flexibility index (Phi) is 6.88. The van der Waals surface area contributed by atoms with Gasteiger partial charge in [-0.2, -0.15) is 8.78 Å². The number of ether oxygens (including phenoxy) is 2. The van der Waals surface area contributed by atoms with Gasteiger partial charge in [-0.05, 0) is 83.1 Å². The second-order valence-corrected chi connectivity index (χ2v) is 8.74. The van der Waals surface area contributed by atoms with E-state index in [-0.39, 0.29) is 11.5 Å². The van der Waals surface area contributed by atoms with Crippen molar-refractivity contribution in [1.82, 2.24) is 9.55 Å². The predicted octanol–water partition coefficient (Wildman–Crippen LogP) is 6.29. The van der Waals surface area contributed by atoms with Gasteiger partial charge in [-0.25, -0.2) is 4.79 Å². The van der Waals surface area contributed by atoms with Crippen LogP contribution in [-0.2, 0) is 4.74 Å². The SMILES string of the molecule is Cc1ccc2nc(C)cc(C(=O)OC(C)C(=O)c3cc(C)n(-c4ccc(OC(F)F)cc4)c3C)c2c1. The summed E-state index contributed by atoms with van der Waals surface area (Å²) in [7, 11) is 0. The van der Waals surface area contributed by atoms with E-state index in [0.717, 1.165) is 11.3 Å². The molecule has 4 rings (SSSR count). The first-order chi connectivity index (χ1) is 17.0. The van der Waals surface area contributed by atoms with Crippen molar-refractivity contribution in [3.63, 3.8) is 0 Å². The number of nitrogens with zero attached hydrogens (tertiary/aromatic N) is 2. The van der Waals surface area contributed by atoms with Crippen LogP contribution in [-0.4, -0.2) is 34.0 Å². The number of carbonyl (C=O) groups is 2. The van der Waals surface area contributed by atoms with Gasteiger partial charge in [-0.3, -0.25) is 9.78 Å². The summed E-state index contributed by atoms with van der Waals surface area (Å²) in [5.74, 6) is -0.894. The third kappa shape index (κ3) is 4.98. The predicted molar refractivity (Wildman–Crippen MR) is 132 cm³/mol. The van der Waals surface area contributed by atoms with Gasteiger partial charge >= 0.3 is 12.6 Å². The molecule has 0 bridgehead atoms. The van der Waals surface area contributed by atoms with Crippen molar-refractivity contribution in [2.75, 3.05) is 0 Å². The molecule has 6 nitrogen and oxygen atoms in total. The molecule has 4 aromatic rings. The fraction of sp³-hybridized carbons (Fsp3) is 0.250. The minimum Gasteiger partial charge on any atom is -0.451 e. The second-order valence-electron chi connectivity index (χ2n) is 8.74. The zero-order valence-electron chi connectivity index (χ0n) is 20.6.